The fourth-order valence-electron chi connectivity index (χ4n) is 4.27. The highest BCUT2D eigenvalue weighted by Gasteiger charge is 2.33. The Morgan fingerprint density at radius 1 is 0.976 bits per heavy atom. The predicted octanol–water partition coefficient (Wildman–Crippen LogP) is 5.19. The van der Waals surface area contributed by atoms with Gasteiger partial charge in [0.1, 0.15) is 12.6 Å². The van der Waals surface area contributed by atoms with Gasteiger partial charge < -0.3 is 19.7 Å². The number of aryl methyl sites for hydroxylation is 1. The lowest BCUT2D eigenvalue weighted by Gasteiger charge is -2.32. The van der Waals surface area contributed by atoms with E-state index in [1.54, 1.807) is 55.5 Å². The first-order valence-electron chi connectivity index (χ1n) is 13.7. The van der Waals surface area contributed by atoms with Crippen molar-refractivity contribution in [2.24, 2.45) is 0 Å². The number of unbranched alkanes of at least 4 members (excludes halogenated alkanes) is 1. The van der Waals surface area contributed by atoms with E-state index in [9.17, 15) is 18.0 Å². The number of amides is 2. The minimum Gasteiger partial charge on any atom is -0.493 e. The minimum absolute atomic E-state index is 0.0129. The van der Waals surface area contributed by atoms with Crippen LogP contribution in [0.3, 0.4) is 0 Å². The molecule has 0 spiro atoms. The van der Waals surface area contributed by atoms with Crippen LogP contribution in [-0.2, 0) is 26.2 Å². The summed E-state index contributed by atoms with van der Waals surface area (Å²) in [7, 11) is -1.41. The molecule has 0 aliphatic heterocycles. The first-order chi connectivity index (χ1) is 20.0. The summed E-state index contributed by atoms with van der Waals surface area (Å²) in [6, 6.07) is 17.2. The van der Waals surface area contributed by atoms with Crippen molar-refractivity contribution in [2.75, 3.05) is 31.6 Å². The van der Waals surface area contributed by atoms with Gasteiger partial charge in [0.05, 0.1) is 24.8 Å². The first kappa shape index (κ1) is 32.8. The fraction of sp³-hybridized carbons (Fsp3) is 0.355. The average molecular weight is 616 g/mol. The molecule has 3 aromatic rings. The summed E-state index contributed by atoms with van der Waals surface area (Å²) in [5, 5.41) is 3.30. The molecule has 0 unspecified atom stereocenters. The molecule has 9 nitrogen and oxygen atoms in total. The quantitative estimate of drug-likeness (QED) is 0.250. The highest BCUT2D eigenvalue weighted by atomic mass is 35.5. The third-order valence-electron chi connectivity index (χ3n) is 6.84. The molecule has 0 heterocycles. The molecule has 0 aromatic heterocycles. The van der Waals surface area contributed by atoms with Crippen molar-refractivity contribution in [3.63, 3.8) is 0 Å². The Bertz CT molecular complexity index is 1480. The normalized spacial score (nSPS) is 11.9. The Labute approximate surface area is 253 Å². The second kappa shape index (κ2) is 14.9. The van der Waals surface area contributed by atoms with E-state index < -0.39 is 28.5 Å². The number of hydrogen-bond acceptors (Lipinski definition) is 6. The predicted molar refractivity (Wildman–Crippen MR) is 165 cm³/mol. The van der Waals surface area contributed by atoms with Crippen molar-refractivity contribution in [3.05, 3.63) is 82.9 Å². The zero-order valence-corrected chi connectivity index (χ0v) is 26.2. The number of nitrogens with one attached hydrogen (secondary N) is 1. The number of halogens is 1. The molecule has 3 aromatic carbocycles. The van der Waals surface area contributed by atoms with Gasteiger partial charge in [0.25, 0.3) is 10.0 Å². The monoisotopic (exact) mass is 615 g/mol. The van der Waals surface area contributed by atoms with Crippen LogP contribution in [0.5, 0.6) is 11.5 Å². The van der Waals surface area contributed by atoms with Crippen molar-refractivity contribution in [2.45, 2.75) is 51.1 Å². The number of ether oxygens (including phenoxy) is 2. The second-order valence-electron chi connectivity index (χ2n) is 9.80. The summed E-state index contributed by atoms with van der Waals surface area (Å²) in [6.45, 7) is 5.44. The van der Waals surface area contributed by atoms with Gasteiger partial charge in [-0.15, -0.1) is 0 Å². The van der Waals surface area contributed by atoms with Crippen molar-refractivity contribution in [1.82, 2.24) is 10.2 Å². The van der Waals surface area contributed by atoms with Crippen molar-refractivity contribution in [3.8, 4) is 11.5 Å². The maximum Gasteiger partial charge on any atom is 0.264 e. The minimum atomic E-state index is -4.27. The number of hydrogen-bond donors (Lipinski definition) is 1. The Morgan fingerprint density at radius 2 is 1.64 bits per heavy atom. The molecule has 0 fully saturated rings. The summed E-state index contributed by atoms with van der Waals surface area (Å²) >= 11 is 6.42. The van der Waals surface area contributed by atoms with Crippen molar-refractivity contribution < 1.29 is 27.5 Å². The maximum absolute atomic E-state index is 14.1. The summed E-state index contributed by atoms with van der Waals surface area (Å²) in [6.07, 6.45) is 1.69. The standard InChI is InChI=1S/C31H38ClN3O6S/c1-6-7-18-33-31(37)23(3)34(20-24-10-8-9-11-27(24)32)30(36)21-35(25-14-12-22(2)13-15-25)42(38,39)26-16-17-28(40-4)29(19-26)41-5/h8-17,19,23H,6-7,18,20-21H2,1-5H3,(H,33,37)/t23-/m1/s1. The van der Waals surface area contributed by atoms with Crippen LogP contribution in [0, 0.1) is 6.92 Å². The molecule has 1 N–H and O–H groups in total. The number of sulfonamides is 1. The Balaban J connectivity index is 2.05. The summed E-state index contributed by atoms with van der Waals surface area (Å²) < 4.78 is 39.8. The van der Waals surface area contributed by atoms with E-state index in [0.29, 0.717) is 28.6 Å². The van der Waals surface area contributed by atoms with Crippen LogP contribution >= 0.6 is 11.6 Å². The van der Waals surface area contributed by atoms with Gasteiger partial charge in [0.15, 0.2) is 11.5 Å². The lowest BCUT2D eigenvalue weighted by molar-refractivity contribution is -0.139. The highest BCUT2D eigenvalue weighted by molar-refractivity contribution is 7.92. The average Bonchev–Trinajstić information content (AvgIpc) is 2.99. The number of rotatable bonds is 14. The zero-order chi connectivity index (χ0) is 30.9. The molecule has 0 saturated carbocycles. The number of nitrogens with zero attached hydrogens (tertiary/aromatic N) is 2. The van der Waals surface area contributed by atoms with E-state index in [0.717, 1.165) is 22.7 Å². The van der Waals surface area contributed by atoms with E-state index in [1.807, 2.05) is 13.8 Å². The van der Waals surface area contributed by atoms with Gasteiger partial charge in [-0.2, -0.15) is 0 Å². The number of anilines is 1. The maximum atomic E-state index is 14.1. The number of carbonyl (C=O) groups excluding carboxylic acids is 2. The van der Waals surface area contributed by atoms with E-state index in [1.165, 1.54) is 37.3 Å². The Hall–Kier alpha value is -3.76. The van der Waals surface area contributed by atoms with E-state index in [2.05, 4.69) is 5.32 Å². The van der Waals surface area contributed by atoms with E-state index in [-0.39, 0.29) is 23.1 Å². The van der Waals surface area contributed by atoms with Gasteiger partial charge in [0, 0.05) is 24.2 Å². The SMILES string of the molecule is CCCCNC(=O)[C@@H](C)N(Cc1ccccc1Cl)C(=O)CN(c1ccc(C)cc1)S(=O)(=O)c1ccc(OC)c(OC)c1. The molecular formula is C31H38ClN3O6S. The van der Waals surface area contributed by atoms with Crippen molar-refractivity contribution in [1.29, 1.82) is 0 Å². The smallest absolute Gasteiger partial charge is 0.264 e. The largest absolute Gasteiger partial charge is 0.493 e. The molecule has 1 atom stereocenters. The van der Waals surface area contributed by atoms with E-state index in [4.69, 9.17) is 21.1 Å². The lowest BCUT2D eigenvalue weighted by Crippen LogP contribution is -2.51. The molecule has 3 rings (SSSR count). The van der Waals surface area contributed by atoms with Crippen LogP contribution in [0.4, 0.5) is 5.69 Å². The third-order valence-corrected chi connectivity index (χ3v) is 8.98. The van der Waals surface area contributed by atoms with Gasteiger partial charge in [-0.3, -0.25) is 13.9 Å². The molecular weight excluding hydrogens is 578 g/mol. The third kappa shape index (κ3) is 7.95. The summed E-state index contributed by atoms with van der Waals surface area (Å²) in [4.78, 5) is 28.4. The molecule has 0 aliphatic carbocycles. The number of methoxy groups -OCH3 is 2. The molecule has 226 valence electrons. The molecule has 0 radical (unpaired) electrons. The molecule has 42 heavy (non-hydrogen) atoms. The van der Waals surface area contributed by atoms with Crippen LogP contribution in [0.25, 0.3) is 0 Å². The van der Waals surface area contributed by atoms with Crippen LogP contribution in [0.15, 0.2) is 71.6 Å². The molecule has 0 aliphatic rings. The molecule has 0 bridgehead atoms. The first-order valence-corrected chi connectivity index (χ1v) is 15.5. The van der Waals surface area contributed by atoms with Gasteiger partial charge in [-0.25, -0.2) is 8.42 Å². The Kier molecular flexibility index (Phi) is 11.6. The fourth-order valence-corrected chi connectivity index (χ4v) is 5.90. The van der Waals surface area contributed by atoms with Gasteiger partial charge >= 0.3 is 0 Å². The number of benzene rings is 3. The molecule has 11 heteroatoms. The second-order valence-corrected chi connectivity index (χ2v) is 12.1. The van der Waals surface area contributed by atoms with Crippen LogP contribution in [0.1, 0.15) is 37.8 Å². The lowest BCUT2D eigenvalue weighted by atomic mass is 10.1. The van der Waals surface area contributed by atoms with Crippen LogP contribution < -0.4 is 19.1 Å². The zero-order valence-electron chi connectivity index (χ0n) is 24.6. The van der Waals surface area contributed by atoms with Gasteiger partial charge in [-0.1, -0.05) is 60.8 Å². The molecule has 0 saturated heterocycles. The van der Waals surface area contributed by atoms with Crippen LogP contribution in [0.2, 0.25) is 5.02 Å². The van der Waals surface area contributed by atoms with E-state index >= 15 is 0 Å². The highest BCUT2D eigenvalue weighted by Crippen LogP contribution is 2.32. The Morgan fingerprint density at radius 3 is 2.26 bits per heavy atom. The summed E-state index contributed by atoms with van der Waals surface area (Å²) in [5.74, 6) is -0.319. The van der Waals surface area contributed by atoms with Gasteiger partial charge in [0.2, 0.25) is 11.8 Å². The van der Waals surface area contributed by atoms with Crippen molar-refractivity contribution >= 4 is 39.1 Å². The van der Waals surface area contributed by atoms with Gasteiger partial charge in [-0.05, 0) is 56.2 Å². The van der Waals surface area contributed by atoms with Crippen LogP contribution in [-0.4, -0.2) is 58.5 Å². The summed E-state index contributed by atoms with van der Waals surface area (Å²) in [5.41, 5.74) is 1.85. The molecule has 2 amide bonds. The number of carbonyl (C=O) groups is 2. The topological polar surface area (TPSA) is 105 Å².